The summed E-state index contributed by atoms with van der Waals surface area (Å²) in [5.74, 6) is -1.18. The van der Waals surface area contributed by atoms with Gasteiger partial charge in [0, 0.05) is 12.8 Å². The van der Waals surface area contributed by atoms with E-state index in [0.717, 1.165) is 0 Å². The van der Waals surface area contributed by atoms with Gasteiger partial charge in [-0.25, -0.2) is 9.59 Å². The minimum absolute atomic E-state index is 0.0397. The lowest BCUT2D eigenvalue weighted by Crippen LogP contribution is -2.53. The first-order chi connectivity index (χ1) is 15.9. The standard InChI is InChI=1S/C24H29BrN2O7/c1-24(2,3)34-23(32)27-18(12-14-5-8-16(28)9-6-14)21(30)26-19(22(31)33-4)13-15-7-10-20(29)17(25)11-15/h5-11,18-19,28-29H,12-13H2,1-4H3,(H,26,30)(H,27,32)/t18-,19-/m0/s1. The first-order valence-electron chi connectivity index (χ1n) is 10.5. The number of halogens is 1. The molecule has 2 atom stereocenters. The third-order valence-corrected chi connectivity index (χ3v) is 5.27. The van der Waals surface area contributed by atoms with Crippen LogP contribution in [0.2, 0.25) is 0 Å². The Balaban J connectivity index is 2.23. The minimum Gasteiger partial charge on any atom is -0.508 e. The van der Waals surface area contributed by atoms with Gasteiger partial charge in [0.25, 0.3) is 0 Å². The van der Waals surface area contributed by atoms with Crippen molar-refractivity contribution in [1.29, 1.82) is 0 Å². The monoisotopic (exact) mass is 536 g/mol. The third kappa shape index (κ3) is 8.58. The molecule has 2 aromatic rings. The number of amides is 2. The molecular weight excluding hydrogens is 508 g/mol. The molecule has 0 heterocycles. The molecule has 0 bridgehead atoms. The lowest BCUT2D eigenvalue weighted by molar-refractivity contribution is -0.145. The van der Waals surface area contributed by atoms with E-state index >= 15 is 0 Å². The number of nitrogens with one attached hydrogen (secondary N) is 2. The number of phenolic OH excluding ortho intramolecular Hbond substituents is 2. The molecule has 4 N–H and O–H groups in total. The summed E-state index contributed by atoms with van der Waals surface area (Å²) in [6.07, 6.45) is -0.608. The number of rotatable bonds is 8. The number of esters is 1. The zero-order valence-corrected chi connectivity index (χ0v) is 21.0. The molecule has 0 radical (unpaired) electrons. The Kier molecular flexibility index (Phi) is 9.31. The van der Waals surface area contributed by atoms with Crippen LogP contribution in [0.1, 0.15) is 31.9 Å². The molecule has 9 nitrogen and oxygen atoms in total. The smallest absolute Gasteiger partial charge is 0.408 e. The van der Waals surface area contributed by atoms with Crippen molar-refractivity contribution in [3.8, 4) is 11.5 Å². The SMILES string of the molecule is COC(=O)[C@H](Cc1ccc(O)c(Br)c1)NC(=O)[C@H](Cc1ccc(O)cc1)NC(=O)OC(C)(C)C. The van der Waals surface area contributed by atoms with E-state index in [4.69, 9.17) is 9.47 Å². The zero-order valence-electron chi connectivity index (χ0n) is 19.4. The highest BCUT2D eigenvalue weighted by molar-refractivity contribution is 9.10. The van der Waals surface area contributed by atoms with Gasteiger partial charge in [0.1, 0.15) is 29.2 Å². The van der Waals surface area contributed by atoms with Gasteiger partial charge in [-0.2, -0.15) is 0 Å². The fourth-order valence-corrected chi connectivity index (χ4v) is 3.47. The average Bonchev–Trinajstić information content (AvgIpc) is 2.75. The molecule has 34 heavy (non-hydrogen) atoms. The van der Waals surface area contributed by atoms with Crippen LogP contribution in [0.4, 0.5) is 4.79 Å². The largest absolute Gasteiger partial charge is 0.508 e. The topological polar surface area (TPSA) is 134 Å². The molecule has 2 rings (SSSR count). The number of alkyl carbamates (subject to hydrolysis) is 1. The highest BCUT2D eigenvalue weighted by Crippen LogP contribution is 2.25. The van der Waals surface area contributed by atoms with Crippen LogP contribution < -0.4 is 10.6 Å². The lowest BCUT2D eigenvalue weighted by atomic mass is 10.0. The fourth-order valence-electron chi connectivity index (χ4n) is 3.05. The second-order valence-electron chi connectivity index (χ2n) is 8.64. The normalized spacial score (nSPS) is 12.9. The highest BCUT2D eigenvalue weighted by atomic mass is 79.9. The van der Waals surface area contributed by atoms with Crippen molar-refractivity contribution >= 4 is 33.9 Å². The second-order valence-corrected chi connectivity index (χ2v) is 9.50. The first kappa shape index (κ1) is 27.0. The van der Waals surface area contributed by atoms with Gasteiger partial charge in [-0.3, -0.25) is 4.79 Å². The maximum atomic E-state index is 13.2. The number of carbonyl (C=O) groups excluding carboxylic acids is 3. The summed E-state index contributed by atoms with van der Waals surface area (Å²) < 4.78 is 10.6. The first-order valence-corrected chi connectivity index (χ1v) is 11.3. The highest BCUT2D eigenvalue weighted by Gasteiger charge is 2.29. The van der Waals surface area contributed by atoms with E-state index in [-0.39, 0.29) is 24.3 Å². The molecule has 0 aliphatic rings. The van der Waals surface area contributed by atoms with Crippen LogP contribution in [-0.4, -0.2) is 53.0 Å². The van der Waals surface area contributed by atoms with Crippen molar-refractivity contribution in [2.45, 2.75) is 51.3 Å². The van der Waals surface area contributed by atoms with E-state index in [9.17, 15) is 24.6 Å². The summed E-state index contributed by atoms with van der Waals surface area (Å²) in [7, 11) is 1.21. The van der Waals surface area contributed by atoms with E-state index < -0.39 is 35.7 Å². The predicted molar refractivity (Wildman–Crippen MR) is 128 cm³/mol. The Morgan fingerprint density at radius 1 is 0.941 bits per heavy atom. The molecule has 0 aromatic heterocycles. The Morgan fingerprint density at radius 3 is 2.09 bits per heavy atom. The summed E-state index contributed by atoms with van der Waals surface area (Å²) in [5.41, 5.74) is 0.562. The molecule has 2 aromatic carbocycles. The number of benzene rings is 2. The molecule has 0 aliphatic heterocycles. The molecule has 0 fully saturated rings. The van der Waals surface area contributed by atoms with Crippen molar-refractivity contribution in [1.82, 2.24) is 10.6 Å². The Bertz CT molecular complexity index is 1020. The predicted octanol–water partition coefficient (Wildman–Crippen LogP) is 3.20. The van der Waals surface area contributed by atoms with Gasteiger partial charge < -0.3 is 30.3 Å². The number of methoxy groups -OCH3 is 1. The number of carbonyl (C=O) groups is 3. The Morgan fingerprint density at radius 2 is 1.53 bits per heavy atom. The van der Waals surface area contributed by atoms with Crippen LogP contribution in [0, 0.1) is 0 Å². The van der Waals surface area contributed by atoms with Gasteiger partial charge in [-0.05, 0) is 72.1 Å². The Labute approximate surface area is 206 Å². The van der Waals surface area contributed by atoms with Crippen molar-refractivity contribution in [3.05, 3.63) is 58.1 Å². The summed E-state index contributed by atoms with van der Waals surface area (Å²) in [4.78, 5) is 37.9. The van der Waals surface area contributed by atoms with Gasteiger partial charge in [-0.1, -0.05) is 18.2 Å². The quantitative estimate of drug-likeness (QED) is 0.380. The molecule has 0 unspecified atom stereocenters. The summed E-state index contributed by atoms with van der Waals surface area (Å²) >= 11 is 3.22. The van der Waals surface area contributed by atoms with Crippen LogP contribution in [0.3, 0.4) is 0 Å². The minimum atomic E-state index is -1.07. The molecule has 184 valence electrons. The van der Waals surface area contributed by atoms with E-state index in [0.29, 0.717) is 15.6 Å². The number of hydrogen-bond acceptors (Lipinski definition) is 7. The van der Waals surface area contributed by atoms with Gasteiger partial charge in [0.2, 0.25) is 5.91 Å². The Hall–Kier alpha value is -3.27. The van der Waals surface area contributed by atoms with Crippen LogP contribution in [0.15, 0.2) is 46.9 Å². The molecular formula is C24H29BrN2O7. The van der Waals surface area contributed by atoms with E-state index in [2.05, 4.69) is 26.6 Å². The van der Waals surface area contributed by atoms with Gasteiger partial charge in [0.05, 0.1) is 11.6 Å². The van der Waals surface area contributed by atoms with Crippen molar-refractivity contribution in [2.24, 2.45) is 0 Å². The summed E-state index contributed by atoms with van der Waals surface area (Å²) in [5, 5.41) is 24.4. The number of hydrogen-bond donors (Lipinski definition) is 4. The molecule has 0 spiro atoms. The molecule has 0 aliphatic carbocycles. The number of phenols is 2. The molecule has 2 amide bonds. The van der Waals surface area contributed by atoms with E-state index in [1.165, 1.54) is 25.3 Å². The van der Waals surface area contributed by atoms with Gasteiger partial charge >= 0.3 is 12.1 Å². The van der Waals surface area contributed by atoms with Crippen molar-refractivity contribution < 1.29 is 34.1 Å². The van der Waals surface area contributed by atoms with Gasteiger partial charge in [-0.15, -0.1) is 0 Å². The fraction of sp³-hybridized carbons (Fsp3) is 0.375. The molecule has 10 heteroatoms. The third-order valence-electron chi connectivity index (χ3n) is 4.64. The van der Waals surface area contributed by atoms with E-state index in [1.54, 1.807) is 45.0 Å². The van der Waals surface area contributed by atoms with Crippen LogP contribution in [0.25, 0.3) is 0 Å². The number of aromatic hydroxyl groups is 2. The second kappa shape index (κ2) is 11.7. The van der Waals surface area contributed by atoms with E-state index in [1.807, 2.05) is 0 Å². The van der Waals surface area contributed by atoms with Crippen LogP contribution in [-0.2, 0) is 31.9 Å². The number of ether oxygens (including phenoxy) is 2. The van der Waals surface area contributed by atoms with Crippen LogP contribution in [0.5, 0.6) is 11.5 Å². The summed E-state index contributed by atoms with van der Waals surface area (Å²) in [6.45, 7) is 5.10. The lowest BCUT2D eigenvalue weighted by Gasteiger charge is -2.25. The summed E-state index contributed by atoms with van der Waals surface area (Å²) in [6, 6.07) is 8.79. The maximum Gasteiger partial charge on any atom is 0.408 e. The molecule has 0 saturated heterocycles. The van der Waals surface area contributed by atoms with Crippen molar-refractivity contribution in [3.63, 3.8) is 0 Å². The maximum absolute atomic E-state index is 13.2. The van der Waals surface area contributed by atoms with Crippen LogP contribution >= 0.6 is 15.9 Å². The van der Waals surface area contributed by atoms with Crippen molar-refractivity contribution in [2.75, 3.05) is 7.11 Å². The van der Waals surface area contributed by atoms with Gasteiger partial charge in [0.15, 0.2) is 0 Å². The average molecular weight is 537 g/mol. The zero-order chi connectivity index (χ0) is 25.5. The molecule has 0 saturated carbocycles.